The monoisotopic (exact) mass is 333 g/mol. The van der Waals surface area contributed by atoms with Crippen LogP contribution >= 0.6 is 11.6 Å². The third kappa shape index (κ3) is 2.68. The molecule has 0 unspecified atom stereocenters. The summed E-state index contributed by atoms with van der Waals surface area (Å²) in [6.07, 6.45) is 0. The highest BCUT2D eigenvalue weighted by atomic mass is 35.5. The molecule has 23 heavy (non-hydrogen) atoms. The number of hydrogen-bond donors (Lipinski definition) is 1. The van der Waals surface area contributed by atoms with E-state index in [1.165, 1.54) is 0 Å². The second-order valence-corrected chi connectivity index (χ2v) is 6.23. The predicted octanol–water partition coefficient (Wildman–Crippen LogP) is 2.02. The Morgan fingerprint density at radius 3 is 3.00 bits per heavy atom. The number of aromatic nitrogens is 2. The van der Waals surface area contributed by atoms with Gasteiger partial charge in [0, 0.05) is 19.6 Å². The van der Waals surface area contributed by atoms with Crippen molar-refractivity contribution in [2.24, 2.45) is 0 Å². The number of nitrogens with zero attached hydrogens (tertiary/aromatic N) is 2. The molecule has 0 spiro atoms. The van der Waals surface area contributed by atoms with E-state index in [2.05, 4.69) is 14.9 Å². The van der Waals surface area contributed by atoms with Gasteiger partial charge >= 0.3 is 0 Å². The molecule has 0 fully saturated rings. The van der Waals surface area contributed by atoms with E-state index in [0.717, 1.165) is 16.8 Å². The van der Waals surface area contributed by atoms with Crippen molar-refractivity contribution in [3.63, 3.8) is 0 Å². The molecule has 0 saturated carbocycles. The van der Waals surface area contributed by atoms with Crippen molar-refractivity contribution in [1.82, 2.24) is 14.9 Å². The summed E-state index contributed by atoms with van der Waals surface area (Å²) >= 11 is 6.28. The maximum Gasteiger partial charge on any atom is 0.255 e. The second kappa shape index (κ2) is 5.54. The van der Waals surface area contributed by atoms with E-state index in [-0.39, 0.29) is 5.56 Å². The predicted molar refractivity (Wildman–Crippen MR) is 85.0 cm³/mol. The molecule has 2 aliphatic heterocycles. The highest BCUT2D eigenvalue weighted by Gasteiger charge is 2.24. The maximum atomic E-state index is 12.0. The lowest BCUT2D eigenvalue weighted by Gasteiger charge is -2.21. The van der Waals surface area contributed by atoms with Gasteiger partial charge in [-0.25, -0.2) is 4.98 Å². The Kier molecular flexibility index (Phi) is 3.50. The van der Waals surface area contributed by atoms with Gasteiger partial charge in [-0.1, -0.05) is 11.6 Å². The number of nitrogens with one attached hydrogen (secondary N) is 1. The van der Waals surface area contributed by atoms with Gasteiger partial charge in [0.25, 0.3) is 5.56 Å². The van der Waals surface area contributed by atoms with Crippen molar-refractivity contribution in [3.8, 4) is 11.5 Å². The molecular formula is C16H16ClN3O3. The molecule has 0 atom stereocenters. The lowest BCUT2D eigenvalue weighted by atomic mass is 10.2. The van der Waals surface area contributed by atoms with Crippen LogP contribution in [0.25, 0.3) is 0 Å². The number of ether oxygens (including phenoxy) is 2. The average molecular weight is 334 g/mol. The molecule has 120 valence electrons. The van der Waals surface area contributed by atoms with Crippen LogP contribution in [0.15, 0.2) is 16.9 Å². The van der Waals surface area contributed by atoms with Crippen LogP contribution in [0.2, 0.25) is 5.02 Å². The smallest absolute Gasteiger partial charge is 0.255 e. The molecule has 6 nitrogen and oxygen atoms in total. The van der Waals surface area contributed by atoms with E-state index in [4.69, 9.17) is 21.1 Å². The van der Waals surface area contributed by atoms with Crippen molar-refractivity contribution in [3.05, 3.63) is 50.2 Å². The quantitative estimate of drug-likeness (QED) is 0.910. The molecule has 1 aromatic carbocycles. The van der Waals surface area contributed by atoms with Crippen LogP contribution in [0, 0.1) is 6.92 Å². The largest absolute Gasteiger partial charge is 0.486 e. The fraction of sp³-hybridized carbons (Fsp3) is 0.375. The van der Waals surface area contributed by atoms with Gasteiger partial charge in [-0.15, -0.1) is 0 Å². The lowest BCUT2D eigenvalue weighted by Crippen LogP contribution is -2.19. The summed E-state index contributed by atoms with van der Waals surface area (Å²) in [6.45, 7) is 4.76. The molecule has 0 radical (unpaired) electrons. The third-order valence-corrected chi connectivity index (χ3v) is 4.32. The third-order valence-electron chi connectivity index (χ3n) is 4.04. The van der Waals surface area contributed by atoms with Gasteiger partial charge in [0.05, 0.1) is 16.3 Å². The van der Waals surface area contributed by atoms with Crippen molar-refractivity contribution in [2.45, 2.75) is 26.6 Å². The molecule has 2 aliphatic rings. The van der Waals surface area contributed by atoms with Gasteiger partial charge in [0.1, 0.15) is 19.0 Å². The summed E-state index contributed by atoms with van der Waals surface area (Å²) in [7, 11) is 0. The van der Waals surface area contributed by atoms with Crippen LogP contribution < -0.4 is 15.0 Å². The van der Waals surface area contributed by atoms with E-state index >= 15 is 0 Å². The van der Waals surface area contributed by atoms with Crippen LogP contribution in [0.1, 0.15) is 22.6 Å². The summed E-state index contributed by atoms with van der Waals surface area (Å²) in [4.78, 5) is 21.3. The molecule has 4 rings (SSSR count). The van der Waals surface area contributed by atoms with Crippen molar-refractivity contribution in [1.29, 1.82) is 0 Å². The fourth-order valence-electron chi connectivity index (χ4n) is 3.08. The zero-order chi connectivity index (χ0) is 16.0. The highest BCUT2D eigenvalue weighted by molar-refractivity contribution is 6.32. The maximum absolute atomic E-state index is 12.0. The van der Waals surface area contributed by atoms with Gasteiger partial charge in [0.2, 0.25) is 0 Å². The van der Waals surface area contributed by atoms with Crippen LogP contribution in [0.5, 0.6) is 11.5 Å². The molecule has 0 amide bonds. The summed E-state index contributed by atoms with van der Waals surface area (Å²) in [5, 5.41) is 0.556. The zero-order valence-electron chi connectivity index (χ0n) is 12.7. The number of halogens is 1. The number of fused-ring (bicyclic) bond motifs is 2. The van der Waals surface area contributed by atoms with Crippen LogP contribution in [0.3, 0.4) is 0 Å². The minimum Gasteiger partial charge on any atom is -0.486 e. The number of hydrogen-bond acceptors (Lipinski definition) is 5. The average Bonchev–Trinajstić information content (AvgIpc) is 2.90. The molecule has 0 aliphatic carbocycles. The number of aryl methyl sites for hydroxylation is 1. The van der Waals surface area contributed by atoms with E-state index in [0.29, 0.717) is 55.2 Å². The fourth-order valence-corrected chi connectivity index (χ4v) is 3.37. The first kappa shape index (κ1) is 14.5. The highest BCUT2D eigenvalue weighted by Crippen LogP contribution is 2.38. The van der Waals surface area contributed by atoms with Crippen LogP contribution in [-0.2, 0) is 19.6 Å². The molecule has 1 N–H and O–H groups in total. The molecule has 1 aromatic heterocycles. The molecule has 7 heteroatoms. The summed E-state index contributed by atoms with van der Waals surface area (Å²) in [5.41, 5.74) is 2.59. The normalized spacial score (nSPS) is 16.4. The number of rotatable bonds is 2. The van der Waals surface area contributed by atoms with Gasteiger partial charge in [0.15, 0.2) is 11.5 Å². The molecular weight excluding hydrogens is 318 g/mol. The topological polar surface area (TPSA) is 67.5 Å². The van der Waals surface area contributed by atoms with Crippen molar-refractivity contribution < 1.29 is 9.47 Å². The first-order valence-electron chi connectivity index (χ1n) is 7.49. The number of aromatic amines is 1. The Balaban J connectivity index is 1.57. The van der Waals surface area contributed by atoms with E-state index in [1.807, 2.05) is 12.1 Å². The Morgan fingerprint density at radius 1 is 1.30 bits per heavy atom. The minimum atomic E-state index is -0.0461. The van der Waals surface area contributed by atoms with Crippen molar-refractivity contribution >= 4 is 11.6 Å². The van der Waals surface area contributed by atoms with Crippen LogP contribution in [0.4, 0.5) is 0 Å². The van der Waals surface area contributed by atoms with E-state index in [1.54, 1.807) is 6.92 Å². The molecule has 2 aromatic rings. The van der Waals surface area contributed by atoms with Crippen LogP contribution in [-0.4, -0.2) is 28.1 Å². The Morgan fingerprint density at radius 2 is 2.13 bits per heavy atom. The SMILES string of the molecule is Cc1nc2c(c(=O)[nH]1)CN(Cc1cc(Cl)c3c(c1)OCCO3)C2. The van der Waals surface area contributed by atoms with Crippen molar-refractivity contribution in [2.75, 3.05) is 13.2 Å². The Hall–Kier alpha value is -2.05. The summed E-state index contributed by atoms with van der Waals surface area (Å²) in [6, 6.07) is 3.84. The second-order valence-electron chi connectivity index (χ2n) is 5.82. The minimum absolute atomic E-state index is 0.0461. The molecule has 3 heterocycles. The van der Waals surface area contributed by atoms with Gasteiger partial charge in [-0.3, -0.25) is 9.69 Å². The first-order valence-corrected chi connectivity index (χ1v) is 7.87. The summed E-state index contributed by atoms with van der Waals surface area (Å²) in [5.74, 6) is 1.94. The number of benzene rings is 1. The molecule has 0 bridgehead atoms. The Bertz CT molecular complexity index is 834. The van der Waals surface area contributed by atoms with Gasteiger partial charge in [-0.05, 0) is 24.6 Å². The lowest BCUT2D eigenvalue weighted by molar-refractivity contribution is 0.171. The van der Waals surface area contributed by atoms with Gasteiger partial charge in [-0.2, -0.15) is 0 Å². The van der Waals surface area contributed by atoms with E-state index < -0.39 is 0 Å². The summed E-state index contributed by atoms with van der Waals surface area (Å²) < 4.78 is 11.1. The molecule has 0 saturated heterocycles. The first-order chi connectivity index (χ1) is 11.1. The zero-order valence-corrected chi connectivity index (χ0v) is 13.4. The Labute approximate surface area is 138 Å². The standard InChI is InChI=1S/C16H16ClN3O3/c1-9-18-13-8-20(7-11(13)16(21)19-9)6-10-4-12(17)15-14(5-10)22-2-3-23-15/h4-5H,2-3,6-8H2,1H3,(H,18,19,21). The van der Waals surface area contributed by atoms with Gasteiger partial charge < -0.3 is 14.5 Å². The number of H-pyrrole nitrogens is 1. The van der Waals surface area contributed by atoms with E-state index in [9.17, 15) is 4.79 Å².